The highest BCUT2D eigenvalue weighted by molar-refractivity contribution is 6.30. The minimum absolute atomic E-state index is 0.183. The number of hydrogen-bond donors (Lipinski definition) is 1. The Labute approximate surface area is 181 Å². The molecule has 0 bridgehead atoms. The third kappa shape index (κ3) is 4.81. The highest BCUT2D eigenvalue weighted by Gasteiger charge is 2.15. The average molecular weight is 425 g/mol. The normalized spacial score (nSPS) is 11.2. The quantitative estimate of drug-likeness (QED) is 0.495. The molecule has 0 unspecified atom stereocenters. The van der Waals surface area contributed by atoms with E-state index in [-0.39, 0.29) is 12.6 Å². The van der Waals surface area contributed by atoms with Gasteiger partial charge < -0.3 is 14.4 Å². The van der Waals surface area contributed by atoms with Gasteiger partial charge >= 0.3 is 5.97 Å². The molecule has 0 aliphatic heterocycles. The van der Waals surface area contributed by atoms with Gasteiger partial charge in [-0.1, -0.05) is 73.5 Å². The predicted octanol–water partition coefficient (Wildman–Crippen LogP) is 5.34. The second-order valence-electron chi connectivity index (χ2n) is 6.88. The molecule has 0 spiro atoms. The SMILES string of the molecule is CCCC=Cc1nc(Cl)c(CO)n1Cc1ccc(-c2ccccc2C(=O)OC)cc1. The zero-order valence-electron chi connectivity index (χ0n) is 17.1. The summed E-state index contributed by atoms with van der Waals surface area (Å²) in [5.74, 6) is 0.358. The maximum absolute atomic E-state index is 12.1. The zero-order chi connectivity index (χ0) is 21.5. The van der Waals surface area contributed by atoms with Crippen molar-refractivity contribution in [2.45, 2.75) is 32.9 Å². The van der Waals surface area contributed by atoms with Crippen molar-refractivity contribution in [2.24, 2.45) is 0 Å². The second kappa shape index (κ2) is 10.2. The number of hydrogen-bond acceptors (Lipinski definition) is 4. The fourth-order valence-corrected chi connectivity index (χ4v) is 3.53. The lowest BCUT2D eigenvalue weighted by Crippen LogP contribution is -2.07. The fraction of sp³-hybridized carbons (Fsp3) is 0.250. The van der Waals surface area contributed by atoms with Crippen molar-refractivity contribution in [1.82, 2.24) is 9.55 Å². The van der Waals surface area contributed by atoms with Gasteiger partial charge in [-0.2, -0.15) is 0 Å². The summed E-state index contributed by atoms with van der Waals surface area (Å²) < 4.78 is 6.81. The van der Waals surface area contributed by atoms with E-state index in [0.717, 1.165) is 35.4 Å². The predicted molar refractivity (Wildman–Crippen MR) is 119 cm³/mol. The lowest BCUT2D eigenvalue weighted by molar-refractivity contribution is 0.0601. The Morgan fingerprint density at radius 2 is 1.93 bits per heavy atom. The van der Waals surface area contributed by atoms with E-state index in [2.05, 4.69) is 18.0 Å². The van der Waals surface area contributed by atoms with Crippen LogP contribution in [0.4, 0.5) is 0 Å². The summed E-state index contributed by atoms with van der Waals surface area (Å²) in [6.45, 7) is 2.46. The van der Waals surface area contributed by atoms with Crippen LogP contribution in [0.1, 0.15) is 47.2 Å². The molecule has 0 amide bonds. The molecule has 156 valence electrons. The van der Waals surface area contributed by atoms with E-state index in [4.69, 9.17) is 16.3 Å². The largest absolute Gasteiger partial charge is 0.465 e. The third-order valence-corrected chi connectivity index (χ3v) is 5.17. The molecule has 0 saturated carbocycles. The first-order valence-electron chi connectivity index (χ1n) is 9.88. The summed E-state index contributed by atoms with van der Waals surface area (Å²) in [5, 5.41) is 10.1. The zero-order valence-corrected chi connectivity index (χ0v) is 17.9. The molecule has 0 atom stereocenters. The number of imidazole rings is 1. The third-order valence-electron chi connectivity index (χ3n) is 4.86. The van der Waals surface area contributed by atoms with E-state index in [1.54, 1.807) is 6.07 Å². The Hall–Kier alpha value is -2.89. The minimum Gasteiger partial charge on any atom is -0.465 e. The molecule has 3 rings (SSSR count). The fourth-order valence-electron chi connectivity index (χ4n) is 3.28. The van der Waals surface area contributed by atoms with Crippen molar-refractivity contribution in [3.8, 4) is 11.1 Å². The number of carbonyl (C=O) groups excluding carboxylic acids is 1. The van der Waals surface area contributed by atoms with Crippen molar-refractivity contribution in [3.05, 3.63) is 82.4 Å². The lowest BCUT2D eigenvalue weighted by Gasteiger charge is -2.11. The van der Waals surface area contributed by atoms with Gasteiger partial charge in [-0.15, -0.1) is 0 Å². The van der Waals surface area contributed by atoms with Gasteiger partial charge in [0.2, 0.25) is 0 Å². The number of allylic oxidation sites excluding steroid dienone is 1. The van der Waals surface area contributed by atoms with E-state index < -0.39 is 0 Å². The molecule has 0 fully saturated rings. The molecule has 6 heteroatoms. The minimum atomic E-state index is -0.362. The topological polar surface area (TPSA) is 64.4 Å². The molecule has 1 N–H and O–H groups in total. The number of unbranched alkanes of at least 4 members (excludes halogenated alkanes) is 1. The van der Waals surface area contributed by atoms with Crippen molar-refractivity contribution < 1.29 is 14.6 Å². The molecule has 5 nitrogen and oxygen atoms in total. The van der Waals surface area contributed by atoms with Crippen LogP contribution in [0.5, 0.6) is 0 Å². The van der Waals surface area contributed by atoms with E-state index in [1.165, 1.54) is 7.11 Å². The van der Waals surface area contributed by atoms with Crippen molar-refractivity contribution in [3.63, 3.8) is 0 Å². The molecular formula is C24H25ClN2O3. The molecule has 2 aromatic carbocycles. The van der Waals surface area contributed by atoms with Crippen LogP contribution in [0, 0.1) is 0 Å². The summed E-state index contributed by atoms with van der Waals surface area (Å²) in [7, 11) is 1.38. The van der Waals surface area contributed by atoms with E-state index >= 15 is 0 Å². The van der Waals surface area contributed by atoms with Gasteiger partial charge in [-0.25, -0.2) is 9.78 Å². The van der Waals surface area contributed by atoms with Crippen LogP contribution >= 0.6 is 11.6 Å². The number of methoxy groups -OCH3 is 1. The van der Waals surface area contributed by atoms with Crippen molar-refractivity contribution in [2.75, 3.05) is 7.11 Å². The van der Waals surface area contributed by atoms with Gasteiger partial charge in [0.1, 0.15) is 5.82 Å². The van der Waals surface area contributed by atoms with Crippen LogP contribution < -0.4 is 0 Å². The van der Waals surface area contributed by atoms with Crippen LogP contribution in [0.15, 0.2) is 54.6 Å². The maximum atomic E-state index is 12.1. The first-order valence-corrected chi connectivity index (χ1v) is 10.3. The molecule has 3 aromatic rings. The van der Waals surface area contributed by atoms with Gasteiger partial charge in [0.15, 0.2) is 5.15 Å². The number of aromatic nitrogens is 2. The molecule has 0 radical (unpaired) electrons. The Balaban J connectivity index is 1.90. The summed E-state index contributed by atoms with van der Waals surface area (Å²) in [4.78, 5) is 16.4. The molecule has 0 aliphatic carbocycles. The van der Waals surface area contributed by atoms with Crippen LogP contribution in [-0.2, 0) is 17.9 Å². The number of carbonyl (C=O) groups is 1. The van der Waals surface area contributed by atoms with Crippen LogP contribution in [-0.4, -0.2) is 27.7 Å². The number of rotatable bonds is 8. The van der Waals surface area contributed by atoms with Gasteiger partial charge in [0.05, 0.1) is 25.0 Å². The van der Waals surface area contributed by atoms with E-state index in [9.17, 15) is 9.90 Å². The van der Waals surface area contributed by atoms with Gasteiger partial charge in [0, 0.05) is 6.54 Å². The first-order chi connectivity index (χ1) is 14.6. The molecular weight excluding hydrogens is 400 g/mol. The highest BCUT2D eigenvalue weighted by atomic mass is 35.5. The highest BCUT2D eigenvalue weighted by Crippen LogP contribution is 2.26. The summed E-state index contributed by atoms with van der Waals surface area (Å²) in [6, 6.07) is 15.3. The van der Waals surface area contributed by atoms with Crippen LogP contribution in [0.3, 0.4) is 0 Å². The summed E-state index contributed by atoms with van der Waals surface area (Å²) >= 11 is 6.23. The standard InChI is InChI=1S/C24H25ClN2O3/c1-3-4-5-10-22-26-23(25)21(16-28)27(22)15-17-11-13-18(14-12-17)19-8-6-7-9-20(19)24(29)30-2/h5-14,28H,3-4,15-16H2,1-2H3. The Morgan fingerprint density at radius 1 is 1.20 bits per heavy atom. The smallest absolute Gasteiger partial charge is 0.338 e. The summed E-state index contributed by atoms with van der Waals surface area (Å²) in [6.07, 6.45) is 6.00. The molecule has 1 heterocycles. The number of halogens is 1. The maximum Gasteiger partial charge on any atom is 0.338 e. The van der Waals surface area contributed by atoms with Crippen molar-refractivity contribution in [1.29, 1.82) is 0 Å². The monoisotopic (exact) mass is 424 g/mol. The molecule has 1 aromatic heterocycles. The number of esters is 1. The van der Waals surface area contributed by atoms with Crippen molar-refractivity contribution >= 4 is 23.6 Å². The van der Waals surface area contributed by atoms with E-state index in [1.807, 2.05) is 53.1 Å². The number of ether oxygens (including phenoxy) is 1. The summed E-state index contributed by atoms with van der Waals surface area (Å²) in [5.41, 5.74) is 3.89. The number of nitrogens with zero attached hydrogens (tertiary/aromatic N) is 2. The van der Waals surface area contributed by atoms with Gasteiger partial charge in [-0.05, 0) is 35.3 Å². The Morgan fingerprint density at radius 3 is 2.60 bits per heavy atom. The number of aliphatic hydroxyl groups excluding tert-OH is 1. The lowest BCUT2D eigenvalue weighted by atomic mass is 9.98. The first kappa shape index (κ1) is 21.8. The average Bonchev–Trinajstić information content (AvgIpc) is 3.07. The Kier molecular flexibility index (Phi) is 7.44. The Bertz CT molecular complexity index is 1040. The molecule has 0 aliphatic rings. The van der Waals surface area contributed by atoms with Crippen LogP contribution in [0.25, 0.3) is 17.2 Å². The molecule has 0 saturated heterocycles. The molecule has 30 heavy (non-hydrogen) atoms. The van der Waals surface area contributed by atoms with Crippen LogP contribution in [0.2, 0.25) is 5.15 Å². The number of aliphatic hydroxyl groups is 1. The number of benzene rings is 2. The second-order valence-corrected chi connectivity index (χ2v) is 7.23. The van der Waals surface area contributed by atoms with Gasteiger partial charge in [-0.3, -0.25) is 0 Å². The van der Waals surface area contributed by atoms with E-state index in [0.29, 0.717) is 23.0 Å². The van der Waals surface area contributed by atoms with Gasteiger partial charge in [0.25, 0.3) is 0 Å².